The first-order valence-corrected chi connectivity index (χ1v) is 7.97. The summed E-state index contributed by atoms with van der Waals surface area (Å²) in [6.45, 7) is 6.51. The van der Waals surface area contributed by atoms with E-state index in [1.807, 2.05) is 13.8 Å². The summed E-state index contributed by atoms with van der Waals surface area (Å²) in [5.74, 6) is 0.368. The Morgan fingerprint density at radius 3 is 2.57 bits per heavy atom. The number of rotatable bonds is 7. The third-order valence-electron chi connectivity index (χ3n) is 3.83. The number of carbonyl (C=O) groups excluding carboxylic acids is 1. The monoisotopic (exact) mass is 320 g/mol. The molecule has 2 heterocycles. The normalized spacial score (nSPS) is 11.5. The van der Waals surface area contributed by atoms with Crippen LogP contribution in [0, 0.1) is 5.92 Å². The van der Waals surface area contributed by atoms with Crippen molar-refractivity contribution in [2.75, 3.05) is 0 Å². The van der Waals surface area contributed by atoms with Gasteiger partial charge >= 0.3 is 5.69 Å². The van der Waals surface area contributed by atoms with Crippen LogP contribution in [-0.4, -0.2) is 24.5 Å². The fraction of sp³-hybridized carbons (Fsp3) is 0.625. The summed E-state index contributed by atoms with van der Waals surface area (Å²) in [5.41, 5.74) is 0.237. The van der Waals surface area contributed by atoms with Crippen LogP contribution in [0.3, 0.4) is 0 Å². The molecule has 0 amide bonds. The SMILES string of the molecule is CC(=O)CCCCn1cnc2c1c(=O)n(CC(C)C)c(=O)n2C. The molecule has 0 saturated heterocycles. The Bertz CT molecular complexity index is 826. The molecule has 0 aromatic carbocycles. The molecule has 0 aliphatic heterocycles. The maximum absolute atomic E-state index is 12.7. The molecular weight excluding hydrogens is 296 g/mol. The van der Waals surface area contributed by atoms with Gasteiger partial charge in [-0.3, -0.25) is 13.9 Å². The fourth-order valence-electron chi connectivity index (χ4n) is 2.67. The number of hydrogen-bond donors (Lipinski definition) is 0. The van der Waals surface area contributed by atoms with E-state index in [9.17, 15) is 14.4 Å². The van der Waals surface area contributed by atoms with Crippen LogP contribution in [0.4, 0.5) is 0 Å². The quantitative estimate of drug-likeness (QED) is 0.721. The second-order valence-corrected chi connectivity index (χ2v) is 6.42. The molecule has 126 valence electrons. The van der Waals surface area contributed by atoms with Gasteiger partial charge in [-0.05, 0) is 25.7 Å². The summed E-state index contributed by atoms with van der Waals surface area (Å²) in [5, 5.41) is 0. The summed E-state index contributed by atoms with van der Waals surface area (Å²) in [4.78, 5) is 40.2. The molecule has 0 fully saturated rings. The van der Waals surface area contributed by atoms with Crippen molar-refractivity contribution in [3.63, 3.8) is 0 Å². The number of Topliss-reactive ketones (excluding diaryl/α,β-unsaturated/α-hetero) is 1. The van der Waals surface area contributed by atoms with Gasteiger partial charge in [-0.1, -0.05) is 13.8 Å². The van der Waals surface area contributed by atoms with E-state index < -0.39 is 0 Å². The molecule has 2 aromatic heterocycles. The molecule has 0 unspecified atom stereocenters. The van der Waals surface area contributed by atoms with Crippen molar-refractivity contribution in [1.82, 2.24) is 18.7 Å². The van der Waals surface area contributed by atoms with Crippen molar-refractivity contribution in [1.29, 1.82) is 0 Å². The zero-order valence-electron chi connectivity index (χ0n) is 14.2. The summed E-state index contributed by atoms with van der Waals surface area (Å²) in [6.07, 6.45) is 3.71. The summed E-state index contributed by atoms with van der Waals surface area (Å²) >= 11 is 0. The first-order valence-electron chi connectivity index (χ1n) is 7.97. The molecule has 0 spiro atoms. The van der Waals surface area contributed by atoms with Crippen molar-refractivity contribution in [2.45, 2.75) is 53.1 Å². The Hall–Kier alpha value is -2.18. The highest BCUT2D eigenvalue weighted by Gasteiger charge is 2.16. The fourth-order valence-corrected chi connectivity index (χ4v) is 2.67. The predicted octanol–water partition coefficient (Wildman–Crippen LogP) is 1.31. The molecule has 0 N–H and O–H groups in total. The van der Waals surface area contributed by atoms with Crippen LogP contribution >= 0.6 is 0 Å². The molecule has 0 saturated carbocycles. The lowest BCUT2D eigenvalue weighted by molar-refractivity contribution is -0.117. The first-order chi connectivity index (χ1) is 10.8. The topological polar surface area (TPSA) is 78.9 Å². The number of unbranched alkanes of at least 4 members (excludes halogenated alkanes) is 1. The zero-order valence-corrected chi connectivity index (χ0v) is 14.2. The number of ketones is 1. The molecule has 7 heteroatoms. The Labute approximate surface area is 134 Å². The predicted molar refractivity (Wildman–Crippen MR) is 88.6 cm³/mol. The van der Waals surface area contributed by atoms with Gasteiger partial charge in [-0.25, -0.2) is 9.78 Å². The number of aryl methyl sites for hydroxylation is 2. The smallest absolute Gasteiger partial charge is 0.325 e. The van der Waals surface area contributed by atoms with E-state index in [4.69, 9.17) is 0 Å². The standard InChI is InChI=1S/C16H24N4O3/c1-11(2)9-20-15(22)13-14(18(4)16(20)23)17-10-19(13)8-6-5-7-12(3)21/h10-11H,5-9H2,1-4H3. The highest BCUT2D eigenvalue weighted by atomic mass is 16.2. The average molecular weight is 320 g/mol. The third-order valence-corrected chi connectivity index (χ3v) is 3.83. The minimum atomic E-state index is -0.335. The van der Waals surface area contributed by atoms with E-state index in [2.05, 4.69) is 4.98 Å². The Balaban J connectivity index is 2.41. The molecule has 2 aromatic rings. The van der Waals surface area contributed by atoms with Gasteiger partial charge in [0.05, 0.1) is 6.33 Å². The van der Waals surface area contributed by atoms with Crippen LogP contribution in [0.25, 0.3) is 11.2 Å². The number of hydrogen-bond acceptors (Lipinski definition) is 4. The second-order valence-electron chi connectivity index (χ2n) is 6.42. The van der Waals surface area contributed by atoms with Crippen LogP contribution in [0.15, 0.2) is 15.9 Å². The van der Waals surface area contributed by atoms with E-state index >= 15 is 0 Å². The van der Waals surface area contributed by atoms with Crippen LogP contribution in [0.5, 0.6) is 0 Å². The van der Waals surface area contributed by atoms with Crippen molar-refractivity contribution in [3.8, 4) is 0 Å². The van der Waals surface area contributed by atoms with Gasteiger partial charge in [-0.2, -0.15) is 0 Å². The van der Waals surface area contributed by atoms with Crippen molar-refractivity contribution in [3.05, 3.63) is 27.2 Å². The Kier molecular flexibility index (Phi) is 5.18. The second kappa shape index (κ2) is 6.93. The molecular formula is C16H24N4O3. The van der Waals surface area contributed by atoms with Crippen LogP contribution in [-0.2, 0) is 24.9 Å². The maximum atomic E-state index is 12.7. The lowest BCUT2D eigenvalue weighted by Gasteiger charge is -2.11. The molecule has 0 aliphatic carbocycles. The molecule has 2 rings (SSSR count). The Morgan fingerprint density at radius 2 is 1.96 bits per heavy atom. The molecule has 0 radical (unpaired) electrons. The minimum absolute atomic E-state index is 0.169. The van der Waals surface area contributed by atoms with Gasteiger partial charge in [0, 0.05) is 26.6 Å². The molecule has 7 nitrogen and oxygen atoms in total. The molecule has 0 atom stereocenters. The largest absolute Gasteiger partial charge is 0.332 e. The van der Waals surface area contributed by atoms with Gasteiger partial charge in [0.2, 0.25) is 0 Å². The summed E-state index contributed by atoms with van der Waals surface area (Å²) in [7, 11) is 1.63. The molecule has 0 bridgehead atoms. The number of imidazole rings is 1. The van der Waals surface area contributed by atoms with E-state index in [1.165, 1.54) is 9.13 Å². The lowest BCUT2D eigenvalue weighted by Crippen LogP contribution is -2.40. The van der Waals surface area contributed by atoms with Gasteiger partial charge < -0.3 is 9.36 Å². The minimum Gasteiger partial charge on any atom is -0.325 e. The van der Waals surface area contributed by atoms with Crippen molar-refractivity contribution in [2.24, 2.45) is 13.0 Å². The molecule has 0 aliphatic rings. The number of aromatic nitrogens is 4. The van der Waals surface area contributed by atoms with Crippen LogP contribution in [0.1, 0.15) is 40.0 Å². The van der Waals surface area contributed by atoms with Gasteiger partial charge in [0.1, 0.15) is 5.78 Å². The highest BCUT2D eigenvalue weighted by molar-refractivity contribution is 5.75. The van der Waals surface area contributed by atoms with Gasteiger partial charge in [0.15, 0.2) is 11.2 Å². The van der Waals surface area contributed by atoms with E-state index in [-0.39, 0.29) is 23.0 Å². The van der Waals surface area contributed by atoms with E-state index in [0.717, 1.165) is 12.8 Å². The van der Waals surface area contributed by atoms with Crippen molar-refractivity contribution < 1.29 is 4.79 Å². The zero-order chi connectivity index (χ0) is 17.1. The lowest BCUT2D eigenvalue weighted by atomic mass is 10.2. The summed E-state index contributed by atoms with van der Waals surface area (Å²) in [6, 6.07) is 0. The third kappa shape index (κ3) is 3.60. The van der Waals surface area contributed by atoms with E-state index in [0.29, 0.717) is 30.7 Å². The molecule has 23 heavy (non-hydrogen) atoms. The average Bonchev–Trinajstić information content (AvgIpc) is 2.89. The number of fused-ring (bicyclic) bond motifs is 1. The van der Waals surface area contributed by atoms with Crippen LogP contribution in [0.2, 0.25) is 0 Å². The highest BCUT2D eigenvalue weighted by Crippen LogP contribution is 2.09. The van der Waals surface area contributed by atoms with Gasteiger partial charge in [-0.15, -0.1) is 0 Å². The number of nitrogens with zero attached hydrogens (tertiary/aromatic N) is 4. The van der Waals surface area contributed by atoms with E-state index in [1.54, 1.807) is 24.9 Å². The summed E-state index contributed by atoms with van der Waals surface area (Å²) < 4.78 is 4.49. The van der Waals surface area contributed by atoms with Crippen LogP contribution < -0.4 is 11.2 Å². The Morgan fingerprint density at radius 1 is 1.26 bits per heavy atom. The van der Waals surface area contributed by atoms with Gasteiger partial charge in [0.25, 0.3) is 5.56 Å². The maximum Gasteiger partial charge on any atom is 0.332 e. The first kappa shape index (κ1) is 17.2. The van der Waals surface area contributed by atoms with Crippen molar-refractivity contribution >= 4 is 16.9 Å². The number of carbonyl (C=O) groups is 1.